The number of nitrogens with two attached hydrogens (primary N) is 2. The van der Waals surface area contributed by atoms with Crippen molar-refractivity contribution in [2.45, 2.75) is 25.3 Å². The van der Waals surface area contributed by atoms with Gasteiger partial charge in [-0.2, -0.15) is 0 Å². The van der Waals surface area contributed by atoms with Gasteiger partial charge in [0.25, 0.3) is 0 Å². The summed E-state index contributed by atoms with van der Waals surface area (Å²) in [6.45, 7) is 0.986. The molecule has 76 valence electrons. The van der Waals surface area contributed by atoms with Gasteiger partial charge in [0.2, 0.25) is 0 Å². The molecule has 13 heavy (non-hydrogen) atoms. The highest BCUT2D eigenvalue weighted by Crippen LogP contribution is 2.13. The number of nitrogens with zero attached hydrogens (tertiary/aromatic N) is 1. The highest BCUT2D eigenvalue weighted by molar-refractivity contribution is 5.64. The van der Waals surface area contributed by atoms with E-state index < -0.39 is 12.4 Å². The van der Waals surface area contributed by atoms with Crippen molar-refractivity contribution in [2.24, 2.45) is 11.5 Å². The maximum Gasteiger partial charge on any atom is 0.407 e. The first-order valence-electron chi connectivity index (χ1n) is 4.24. The maximum atomic E-state index is 10.5. The average Bonchev–Trinajstić information content (AvgIpc) is 2.04. The fourth-order valence-electron chi connectivity index (χ4n) is 1.41. The molecule has 0 aromatic rings. The molecule has 6 heteroatoms. The van der Waals surface area contributed by atoms with Crippen LogP contribution in [0.5, 0.6) is 0 Å². The molecular weight excluding hydrogens is 174 g/mol. The number of amides is 1. The third kappa shape index (κ3) is 3.17. The van der Waals surface area contributed by atoms with Gasteiger partial charge in [0.15, 0.2) is 6.35 Å². The van der Waals surface area contributed by atoms with Crippen LogP contribution in [0.25, 0.3) is 0 Å². The van der Waals surface area contributed by atoms with E-state index in [0.717, 1.165) is 0 Å². The van der Waals surface area contributed by atoms with Crippen molar-refractivity contribution in [3.05, 3.63) is 0 Å². The van der Waals surface area contributed by atoms with Crippen molar-refractivity contribution < 1.29 is 14.6 Å². The number of likely N-dealkylation sites (tertiary alicyclic amines) is 1. The number of rotatable bonds is 2. The van der Waals surface area contributed by atoms with Crippen molar-refractivity contribution >= 4 is 6.09 Å². The van der Waals surface area contributed by atoms with Gasteiger partial charge in [-0.05, 0) is 12.8 Å². The fraction of sp³-hybridized carbons (Fsp3) is 0.857. The highest BCUT2D eigenvalue weighted by atomic mass is 16.5. The molecule has 0 aliphatic carbocycles. The van der Waals surface area contributed by atoms with Crippen LogP contribution in [-0.4, -0.2) is 41.6 Å². The molecule has 0 radical (unpaired) electrons. The zero-order valence-corrected chi connectivity index (χ0v) is 7.35. The van der Waals surface area contributed by atoms with Gasteiger partial charge in [-0.1, -0.05) is 0 Å². The minimum absolute atomic E-state index is 0.00407. The van der Waals surface area contributed by atoms with Gasteiger partial charge in [0.05, 0.1) is 6.10 Å². The first-order valence-corrected chi connectivity index (χ1v) is 4.24. The maximum absolute atomic E-state index is 10.5. The van der Waals surface area contributed by atoms with E-state index in [1.165, 1.54) is 4.90 Å². The van der Waals surface area contributed by atoms with E-state index >= 15 is 0 Å². The molecule has 0 saturated carbocycles. The smallest absolute Gasteiger partial charge is 0.407 e. The number of hydrogen-bond donors (Lipinski definition) is 3. The molecule has 1 rings (SSSR count). The van der Waals surface area contributed by atoms with Gasteiger partial charge < -0.3 is 14.7 Å². The molecule has 0 unspecified atom stereocenters. The van der Waals surface area contributed by atoms with Gasteiger partial charge in [-0.15, -0.1) is 0 Å². The van der Waals surface area contributed by atoms with E-state index in [1.54, 1.807) is 0 Å². The van der Waals surface area contributed by atoms with Gasteiger partial charge in [0, 0.05) is 13.1 Å². The number of carbonyl (C=O) groups is 1. The van der Waals surface area contributed by atoms with Crippen LogP contribution in [0.4, 0.5) is 4.79 Å². The highest BCUT2D eigenvalue weighted by Gasteiger charge is 2.23. The second kappa shape index (κ2) is 4.40. The van der Waals surface area contributed by atoms with Crippen molar-refractivity contribution in [3.63, 3.8) is 0 Å². The summed E-state index contributed by atoms with van der Waals surface area (Å²) in [4.78, 5) is 11.9. The van der Waals surface area contributed by atoms with Gasteiger partial charge in [-0.3, -0.25) is 11.5 Å². The van der Waals surface area contributed by atoms with E-state index in [9.17, 15) is 4.79 Å². The van der Waals surface area contributed by atoms with Crippen LogP contribution in [0.15, 0.2) is 0 Å². The first-order chi connectivity index (χ1) is 6.09. The summed E-state index contributed by atoms with van der Waals surface area (Å²) in [6, 6.07) is 0. The lowest BCUT2D eigenvalue weighted by molar-refractivity contribution is -0.0339. The molecule has 1 aliphatic rings. The Kier molecular flexibility index (Phi) is 3.47. The second-order valence-corrected chi connectivity index (χ2v) is 3.07. The number of carboxylic acid groups (broad SMARTS) is 1. The molecule has 1 saturated heterocycles. The molecule has 1 aliphatic heterocycles. The molecule has 5 N–H and O–H groups in total. The van der Waals surface area contributed by atoms with E-state index in [-0.39, 0.29) is 6.10 Å². The van der Waals surface area contributed by atoms with E-state index in [1.807, 2.05) is 0 Å². The molecule has 0 bridgehead atoms. The molecule has 1 heterocycles. The van der Waals surface area contributed by atoms with E-state index in [4.69, 9.17) is 21.3 Å². The van der Waals surface area contributed by atoms with Gasteiger partial charge in [-0.25, -0.2) is 4.79 Å². The normalized spacial score (nSPS) is 19.5. The zero-order valence-electron chi connectivity index (χ0n) is 7.35. The Bertz CT molecular complexity index is 178. The average molecular weight is 189 g/mol. The largest absolute Gasteiger partial charge is 0.465 e. The fourth-order valence-corrected chi connectivity index (χ4v) is 1.41. The summed E-state index contributed by atoms with van der Waals surface area (Å²) in [5, 5.41) is 8.64. The van der Waals surface area contributed by atoms with E-state index in [2.05, 4.69) is 0 Å². The standard InChI is InChI=1S/C7H15N3O3/c8-6(9)13-5-1-3-10(4-2-5)7(11)12/h5-6H,1-4,8-9H2,(H,11,12). The van der Waals surface area contributed by atoms with E-state index in [0.29, 0.717) is 25.9 Å². The minimum atomic E-state index is -0.879. The van der Waals surface area contributed by atoms with Crippen molar-refractivity contribution in [2.75, 3.05) is 13.1 Å². The summed E-state index contributed by atoms with van der Waals surface area (Å²) < 4.78 is 5.16. The van der Waals surface area contributed by atoms with Crippen LogP contribution >= 0.6 is 0 Å². The summed E-state index contributed by atoms with van der Waals surface area (Å²) in [6.07, 6.45) is -0.318. The number of ether oxygens (including phenoxy) is 1. The lowest BCUT2D eigenvalue weighted by Gasteiger charge is -2.30. The lowest BCUT2D eigenvalue weighted by atomic mass is 10.1. The second-order valence-electron chi connectivity index (χ2n) is 3.07. The Balaban J connectivity index is 2.26. The lowest BCUT2D eigenvalue weighted by Crippen LogP contribution is -2.44. The minimum Gasteiger partial charge on any atom is -0.465 e. The summed E-state index contributed by atoms with van der Waals surface area (Å²) in [5.74, 6) is 0. The van der Waals surface area contributed by atoms with Crippen LogP contribution in [0.1, 0.15) is 12.8 Å². The number of piperidine rings is 1. The third-order valence-electron chi connectivity index (χ3n) is 2.06. The van der Waals surface area contributed by atoms with Crippen molar-refractivity contribution in [1.82, 2.24) is 4.90 Å². The molecule has 0 spiro atoms. The molecule has 0 atom stereocenters. The summed E-state index contributed by atoms with van der Waals surface area (Å²) in [7, 11) is 0. The summed E-state index contributed by atoms with van der Waals surface area (Å²) >= 11 is 0. The molecule has 6 nitrogen and oxygen atoms in total. The van der Waals surface area contributed by atoms with Gasteiger partial charge >= 0.3 is 6.09 Å². The summed E-state index contributed by atoms with van der Waals surface area (Å²) in [5.41, 5.74) is 10.5. The molecular formula is C7H15N3O3. The first kappa shape index (κ1) is 10.2. The molecule has 0 aromatic heterocycles. The molecule has 1 fully saturated rings. The van der Waals surface area contributed by atoms with Crippen LogP contribution in [0.3, 0.4) is 0 Å². The number of hydrogen-bond acceptors (Lipinski definition) is 4. The monoisotopic (exact) mass is 189 g/mol. The zero-order chi connectivity index (χ0) is 9.84. The Labute approximate surface area is 76.4 Å². The Morgan fingerprint density at radius 1 is 1.46 bits per heavy atom. The Morgan fingerprint density at radius 3 is 2.38 bits per heavy atom. The SMILES string of the molecule is NC(N)OC1CCN(C(=O)O)CC1. The third-order valence-corrected chi connectivity index (χ3v) is 2.06. The topological polar surface area (TPSA) is 102 Å². The Hall–Kier alpha value is -0.850. The van der Waals surface area contributed by atoms with Crippen molar-refractivity contribution in [1.29, 1.82) is 0 Å². The molecule has 0 aromatic carbocycles. The van der Waals surface area contributed by atoms with Crippen LogP contribution in [0, 0.1) is 0 Å². The van der Waals surface area contributed by atoms with Crippen molar-refractivity contribution in [3.8, 4) is 0 Å². The van der Waals surface area contributed by atoms with Crippen LogP contribution in [-0.2, 0) is 4.74 Å². The van der Waals surface area contributed by atoms with Crippen LogP contribution < -0.4 is 11.5 Å². The van der Waals surface area contributed by atoms with Crippen LogP contribution in [0.2, 0.25) is 0 Å². The predicted octanol–water partition coefficient (Wildman–Crippen LogP) is -0.654. The quantitative estimate of drug-likeness (QED) is 0.501. The van der Waals surface area contributed by atoms with Gasteiger partial charge in [0.1, 0.15) is 0 Å². The Morgan fingerprint density at radius 2 is 2.00 bits per heavy atom. The predicted molar refractivity (Wildman–Crippen MR) is 45.9 cm³/mol. The molecule has 1 amide bonds.